The van der Waals surface area contributed by atoms with Crippen LogP contribution in [0.15, 0.2) is 21.6 Å². The first-order valence-electron chi connectivity index (χ1n) is 7.03. The van der Waals surface area contributed by atoms with Gasteiger partial charge in [0.25, 0.3) is 0 Å². The fourth-order valence-corrected chi connectivity index (χ4v) is 4.57. The highest BCUT2D eigenvalue weighted by Gasteiger charge is 2.36. The van der Waals surface area contributed by atoms with E-state index in [0.29, 0.717) is 4.47 Å². The molecule has 1 N–H and O–H groups in total. The van der Waals surface area contributed by atoms with E-state index in [1.807, 2.05) is 6.92 Å². The van der Waals surface area contributed by atoms with Crippen molar-refractivity contribution < 1.29 is 4.39 Å². The molecule has 108 valence electrons. The number of aryl methyl sites for hydroxylation is 1. The quantitative estimate of drug-likeness (QED) is 0.755. The van der Waals surface area contributed by atoms with Gasteiger partial charge in [-0.3, -0.25) is 4.99 Å². The minimum Gasteiger partial charge on any atom is -0.335 e. The first kappa shape index (κ1) is 14.4. The predicted molar refractivity (Wildman–Crippen MR) is 88.2 cm³/mol. The SMILES string of the molecule is Cc1cc(Br)c(F)cc1NC1=NC2(CCCCC2)CS1. The van der Waals surface area contributed by atoms with E-state index in [9.17, 15) is 4.39 Å². The molecule has 20 heavy (non-hydrogen) atoms. The van der Waals surface area contributed by atoms with Crippen molar-refractivity contribution in [3.63, 3.8) is 0 Å². The molecule has 1 spiro atoms. The van der Waals surface area contributed by atoms with E-state index in [-0.39, 0.29) is 11.4 Å². The molecule has 1 fully saturated rings. The summed E-state index contributed by atoms with van der Waals surface area (Å²) in [4.78, 5) is 4.90. The second-order valence-corrected chi connectivity index (χ2v) is 7.52. The van der Waals surface area contributed by atoms with Crippen molar-refractivity contribution in [2.75, 3.05) is 11.1 Å². The van der Waals surface area contributed by atoms with Crippen LogP contribution >= 0.6 is 27.7 Å². The molecule has 0 radical (unpaired) electrons. The minimum atomic E-state index is -0.242. The van der Waals surface area contributed by atoms with E-state index in [2.05, 4.69) is 21.2 Å². The third-order valence-electron chi connectivity index (χ3n) is 4.11. The molecular weight excluding hydrogens is 339 g/mol. The Kier molecular flexibility index (Phi) is 4.09. The minimum absolute atomic E-state index is 0.146. The topological polar surface area (TPSA) is 24.4 Å². The number of halogens is 2. The van der Waals surface area contributed by atoms with Crippen LogP contribution in [-0.2, 0) is 0 Å². The second kappa shape index (κ2) is 5.68. The van der Waals surface area contributed by atoms with Crippen LogP contribution in [0, 0.1) is 12.7 Å². The number of nitrogens with one attached hydrogen (secondary N) is 1. The number of rotatable bonds is 1. The Balaban J connectivity index is 1.78. The highest BCUT2D eigenvalue weighted by Crippen LogP contribution is 2.40. The standard InChI is InChI=1S/C15H18BrFN2S/c1-10-7-11(16)12(17)8-13(10)18-14-19-15(9-20-14)5-3-2-4-6-15/h7-8H,2-6,9H2,1H3,(H,18,19). The molecule has 0 bridgehead atoms. The van der Waals surface area contributed by atoms with Crippen LogP contribution in [0.1, 0.15) is 37.7 Å². The molecule has 5 heteroatoms. The fraction of sp³-hybridized carbons (Fsp3) is 0.533. The van der Waals surface area contributed by atoms with Gasteiger partial charge in [0, 0.05) is 11.4 Å². The van der Waals surface area contributed by atoms with Crippen molar-refractivity contribution in [3.8, 4) is 0 Å². The number of hydrogen-bond acceptors (Lipinski definition) is 3. The molecule has 1 aromatic carbocycles. The van der Waals surface area contributed by atoms with Crippen molar-refractivity contribution >= 4 is 38.5 Å². The number of benzene rings is 1. The Bertz CT molecular complexity index is 553. The van der Waals surface area contributed by atoms with Crippen molar-refractivity contribution in [1.82, 2.24) is 0 Å². The van der Waals surface area contributed by atoms with Crippen molar-refractivity contribution in [2.45, 2.75) is 44.6 Å². The van der Waals surface area contributed by atoms with Crippen LogP contribution in [0.25, 0.3) is 0 Å². The molecule has 0 saturated heterocycles. The van der Waals surface area contributed by atoms with E-state index in [4.69, 9.17) is 4.99 Å². The molecule has 1 saturated carbocycles. The van der Waals surface area contributed by atoms with Gasteiger partial charge < -0.3 is 5.32 Å². The van der Waals surface area contributed by atoms with Crippen molar-refractivity contribution in [2.24, 2.45) is 4.99 Å². The molecule has 0 atom stereocenters. The molecule has 3 rings (SSSR count). The molecule has 0 aromatic heterocycles. The lowest BCUT2D eigenvalue weighted by molar-refractivity contribution is 0.335. The average Bonchev–Trinajstić information content (AvgIpc) is 2.79. The van der Waals surface area contributed by atoms with Gasteiger partial charge in [0.1, 0.15) is 5.82 Å². The van der Waals surface area contributed by atoms with Crippen LogP contribution in [0.5, 0.6) is 0 Å². The Hall–Kier alpha value is -0.550. The predicted octanol–water partition coefficient (Wildman–Crippen LogP) is 5.11. The van der Waals surface area contributed by atoms with Gasteiger partial charge in [-0.15, -0.1) is 0 Å². The summed E-state index contributed by atoms with van der Waals surface area (Å²) >= 11 is 4.98. The first-order valence-corrected chi connectivity index (χ1v) is 8.81. The van der Waals surface area contributed by atoms with Crippen molar-refractivity contribution in [1.29, 1.82) is 0 Å². The normalized spacial score (nSPS) is 21.1. The highest BCUT2D eigenvalue weighted by atomic mass is 79.9. The lowest BCUT2D eigenvalue weighted by Crippen LogP contribution is -2.29. The summed E-state index contributed by atoms with van der Waals surface area (Å²) in [6.07, 6.45) is 6.28. The zero-order valence-corrected chi connectivity index (χ0v) is 13.9. The zero-order valence-electron chi connectivity index (χ0n) is 11.5. The van der Waals surface area contributed by atoms with Crippen LogP contribution in [0.3, 0.4) is 0 Å². The average molecular weight is 357 g/mol. The van der Waals surface area contributed by atoms with Crippen LogP contribution < -0.4 is 5.32 Å². The van der Waals surface area contributed by atoms with Gasteiger partial charge >= 0.3 is 0 Å². The number of nitrogens with zero attached hydrogens (tertiary/aromatic N) is 1. The maximum Gasteiger partial charge on any atom is 0.161 e. The van der Waals surface area contributed by atoms with E-state index in [0.717, 1.165) is 22.2 Å². The Morgan fingerprint density at radius 2 is 2.05 bits per heavy atom. The number of aliphatic imine (C=N–C) groups is 1. The summed E-state index contributed by atoms with van der Waals surface area (Å²) in [5, 5.41) is 4.24. The molecule has 1 aliphatic carbocycles. The first-order chi connectivity index (χ1) is 9.58. The van der Waals surface area contributed by atoms with Gasteiger partial charge in [0.2, 0.25) is 0 Å². The van der Waals surface area contributed by atoms with Gasteiger partial charge in [-0.2, -0.15) is 0 Å². The Labute approximate surface area is 131 Å². The summed E-state index contributed by atoms with van der Waals surface area (Å²) in [5.41, 5.74) is 1.98. The summed E-state index contributed by atoms with van der Waals surface area (Å²) in [6, 6.07) is 3.34. The van der Waals surface area contributed by atoms with Gasteiger partial charge in [-0.25, -0.2) is 4.39 Å². The fourth-order valence-electron chi connectivity index (χ4n) is 2.91. The monoisotopic (exact) mass is 356 g/mol. The number of thioether (sulfide) groups is 1. The second-order valence-electron chi connectivity index (χ2n) is 5.70. The Morgan fingerprint density at radius 3 is 2.80 bits per heavy atom. The summed E-state index contributed by atoms with van der Waals surface area (Å²) < 4.78 is 14.2. The van der Waals surface area contributed by atoms with Crippen LogP contribution in [-0.4, -0.2) is 16.5 Å². The number of hydrogen-bond donors (Lipinski definition) is 1. The smallest absolute Gasteiger partial charge is 0.161 e. The number of amidine groups is 1. The Morgan fingerprint density at radius 1 is 1.30 bits per heavy atom. The molecule has 1 aromatic rings. The van der Waals surface area contributed by atoms with Gasteiger partial charge in [-0.05, 0) is 53.4 Å². The molecule has 2 nitrogen and oxygen atoms in total. The third-order valence-corrected chi connectivity index (χ3v) is 5.87. The molecule has 1 heterocycles. The van der Waals surface area contributed by atoms with Crippen molar-refractivity contribution in [3.05, 3.63) is 28.0 Å². The van der Waals surface area contributed by atoms with Crippen LogP contribution in [0.4, 0.5) is 10.1 Å². The van der Waals surface area contributed by atoms with Gasteiger partial charge in [0.15, 0.2) is 5.17 Å². The molecule has 2 aliphatic rings. The maximum absolute atomic E-state index is 13.6. The maximum atomic E-state index is 13.6. The molecule has 0 unspecified atom stereocenters. The lowest BCUT2D eigenvalue weighted by atomic mass is 9.84. The van der Waals surface area contributed by atoms with E-state index in [1.54, 1.807) is 17.8 Å². The molecule has 1 aliphatic heterocycles. The van der Waals surface area contributed by atoms with Gasteiger partial charge in [0.05, 0.1) is 10.0 Å². The highest BCUT2D eigenvalue weighted by molar-refractivity contribution is 9.10. The number of anilines is 1. The van der Waals surface area contributed by atoms with E-state index < -0.39 is 0 Å². The zero-order chi connectivity index (χ0) is 14.2. The largest absolute Gasteiger partial charge is 0.335 e. The molecular formula is C15H18BrFN2S. The lowest BCUT2D eigenvalue weighted by Gasteiger charge is -2.29. The van der Waals surface area contributed by atoms with E-state index in [1.165, 1.54) is 38.2 Å². The third kappa shape index (κ3) is 2.89. The summed E-state index contributed by atoms with van der Waals surface area (Å²) in [6.45, 7) is 1.98. The van der Waals surface area contributed by atoms with Gasteiger partial charge in [-0.1, -0.05) is 31.0 Å². The summed E-state index contributed by atoms with van der Waals surface area (Å²) in [7, 11) is 0. The van der Waals surface area contributed by atoms with Crippen LogP contribution in [0.2, 0.25) is 0 Å². The van der Waals surface area contributed by atoms with E-state index >= 15 is 0 Å². The molecule has 0 amide bonds. The summed E-state index contributed by atoms with van der Waals surface area (Å²) in [5.74, 6) is 0.821.